The number of ether oxygens (including phenoxy) is 2. The van der Waals surface area contributed by atoms with Crippen molar-refractivity contribution in [2.24, 2.45) is 0 Å². The fraction of sp³-hybridized carbons (Fsp3) is 0.292. The number of hydrogen-bond acceptors (Lipinski definition) is 6. The molecule has 0 aliphatic heterocycles. The maximum atomic E-state index is 12.8. The molecule has 0 saturated carbocycles. The number of amides is 2. The fourth-order valence-corrected chi connectivity index (χ4v) is 4.49. The highest BCUT2D eigenvalue weighted by molar-refractivity contribution is 7.24. The second kappa shape index (κ2) is 9.82. The van der Waals surface area contributed by atoms with E-state index in [9.17, 15) is 14.4 Å². The largest absolute Gasteiger partial charge is 0.479 e. The van der Waals surface area contributed by atoms with Gasteiger partial charge in [0.25, 0.3) is 5.91 Å². The zero-order valence-corrected chi connectivity index (χ0v) is 19.5. The van der Waals surface area contributed by atoms with Gasteiger partial charge in [-0.2, -0.15) is 0 Å². The Kier molecular flexibility index (Phi) is 7.15. The number of esters is 1. The van der Waals surface area contributed by atoms with Gasteiger partial charge < -0.3 is 20.1 Å². The normalized spacial score (nSPS) is 11.7. The second-order valence-corrected chi connectivity index (χ2v) is 8.38. The van der Waals surface area contributed by atoms with Crippen molar-refractivity contribution in [3.63, 3.8) is 0 Å². The van der Waals surface area contributed by atoms with E-state index in [4.69, 9.17) is 9.47 Å². The highest BCUT2D eigenvalue weighted by Crippen LogP contribution is 2.43. The Morgan fingerprint density at radius 2 is 1.75 bits per heavy atom. The summed E-state index contributed by atoms with van der Waals surface area (Å²) in [4.78, 5) is 37.1. The summed E-state index contributed by atoms with van der Waals surface area (Å²) >= 11 is 1.22. The van der Waals surface area contributed by atoms with Crippen LogP contribution in [0.2, 0.25) is 0 Å². The number of hydrogen-bond donors (Lipinski definition) is 2. The number of benzene rings is 2. The van der Waals surface area contributed by atoms with Crippen LogP contribution >= 0.6 is 11.3 Å². The molecular formula is C24H26N2O5S. The van der Waals surface area contributed by atoms with Gasteiger partial charge in [0.05, 0.1) is 11.3 Å². The topological polar surface area (TPSA) is 93.7 Å². The third-order valence-corrected chi connectivity index (χ3v) is 5.97. The molecule has 2 amide bonds. The molecule has 0 aliphatic rings. The van der Waals surface area contributed by atoms with Crippen molar-refractivity contribution < 1.29 is 23.9 Å². The van der Waals surface area contributed by atoms with Crippen LogP contribution in [0.1, 0.15) is 42.3 Å². The second-order valence-electron chi connectivity index (χ2n) is 7.36. The van der Waals surface area contributed by atoms with E-state index >= 15 is 0 Å². The van der Waals surface area contributed by atoms with Gasteiger partial charge in [0, 0.05) is 18.0 Å². The van der Waals surface area contributed by atoms with Crippen LogP contribution in [0.4, 0.5) is 10.7 Å². The predicted octanol–water partition coefficient (Wildman–Crippen LogP) is 5.06. The van der Waals surface area contributed by atoms with Crippen molar-refractivity contribution in [1.29, 1.82) is 0 Å². The van der Waals surface area contributed by atoms with Crippen molar-refractivity contribution in [3.8, 4) is 5.75 Å². The number of fused-ring (bicyclic) bond motifs is 1. The minimum atomic E-state index is -0.795. The molecule has 0 fully saturated rings. The number of carbonyl (C=O) groups excluding carboxylic acids is 3. The van der Waals surface area contributed by atoms with Crippen LogP contribution in [0.25, 0.3) is 10.1 Å². The molecule has 32 heavy (non-hydrogen) atoms. The first kappa shape index (κ1) is 23.3. The lowest BCUT2D eigenvalue weighted by Gasteiger charge is -2.17. The van der Waals surface area contributed by atoms with Gasteiger partial charge in [0.2, 0.25) is 5.91 Å². The molecular weight excluding hydrogens is 428 g/mol. The van der Waals surface area contributed by atoms with Crippen molar-refractivity contribution in [3.05, 3.63) is 53.1 Å². The third-order valence-electron chi connectivity index (χ3n) is 4.85. The van der Waals surface area contributed by atoms with Gasteiger partial charge in [-0.25, -0.2) is 4.79 Å². The number of anilines is 2. The Hall–Kier alpha value is -3.39. The highest BCUT2D eigenvalue weighted by atomic mass is 32.1. The van der Waals surface area contributed by atoms with E-state index in [0.717, 1.165) is 16.8 Å². The quantitative estimate of drug-likeness (QED) is 0.487. The molecule has 1 aromatic heterocycles. The van der Waals surface area contributed by atoms with Crippen molar-refractivity contribution in [2.45, 2.75) is 40.7 Å². The molecule has 0 aliphatic carbocycles. The maximum absolute atomic E-state index is 12.8. The number of nitrogens with one attached hydrogen (secondary N) is 2. The first-order chi connectivity index (χ1) is 15.2. The van der Waals surface area contributed by atoms with E-state index in [2.05, 4.69) is 10.6 Å². The molecule has 1 atom stereocenters. The SMILES string of the molecule is CCOC(=O)c1c(NC(C)=O)sc2c(OC(C)C(=O)Nc3ccccc3C)c(C)ccc12. The lowest BCUT2D eigenvalue weighted by molar-refractivity contribution is -0.122. The summed E-state index contributed by atoms with van der Waals surface area (Å²) < 4.78 is 11.9. The number of thiophene rings is 1. The summed E-state index contributed by atoms with van der Waals surface area (Å²) in [6.45, 7) is 8.75. The lowest BCUT2D eigenvalue weighted by atomic mass is 10.1. The Balaban J connectivity index is 1.98. The van der Waals surface area contributed by atoms with Crippen LogP contribution in [-0.2, 0) is 14.3 Å². The zero-order chi connectivity index (χ0) is 23.4. The Bertz CT molecular complexity index is 1180. The van der Waals surface area contributed by atoms with Crippen LogP contribution in [-0.4, -0.2) is 30.5 Å². The van der Waals surface area contributed by atoms with E-state index < -0.39 is 12.1 Å². The Morgan fingerprint density at radius 1 is 1.03 bits per heavy atom. The van der Waals surface area contributed by atoms with E-state index in [1.54, 1.807) is 19.9 Å². The van der Waals surface area contributed by atoms with E-state index in [1.165, 1.54) is 18.3 Å². The average Bonchev–Trinajstić information content (AvgIpc) is 3.09. The number of carbonyl (C=O) groups is 3. The van der Waals surface area contributed by atoms with Crippen LogP contribution in [0.15, 0.2) is 36.4 Å². The molecule has 0 radical (unpaired) electrons. The molecule has 0 saturated heterocycles. The molecule has 3 aromatic rings. The minimum Gasteiger partial charge on any atom is -0.479 e. The molecule has 2 aromatic carbocycles. The molecule has 168 valence electrons. The molecule has 2 N–H and O–H groups in total. The van der Waals surface area contributed by atoms with Crippen molar-refractivity contribution in [2.75, 3.05) is 17.2 Å². The minimum absolute atomic E-state index is 0.209. The van der Waals surface area contributed by atoms with Crippen molar-refractivity contribution >= 4 is 49.9 Å². The molecule has 8 heteroatoms. The van der Waals surface area contributed by atoms with E-state index in [1.807, 2.05) is 44.2 Å². The summed E-state index contributed by atoms with van der Waals surface area (Å²) in [6.07, 6.45) is -0.795. The Labute approximate surface area is 190 Å². The lowest BCUT2D eigenvalue weighted by Crippen LogP contribution is -2.30. The van der Waals surface area contributed by atoms with Gasteiger partial charge in [-0.3, -0.25) is 9.59 Å². The van der Waals surface area contributed by atoms with E-state index in [0.29, 0.717) is 20.8 Å². The molecule has 3 rings (SSSR count). The maximum Gasteiger partial charge on any atom is 0.341 e. The van der Waals surface area contributed by atoms with Gasteiger partial charge in [-0.15, -0.1) is 11.3 Å². The third kappa shape index (κ3) is 4.91. The summed E-state index contributed by atoms with van der Waals surface area (Å²) in [6, 6.07) is 11.1. The highest BCUT2D eigenvalue weighted by Gasteiger charge is 2.25. The van der Waals surface area contributed by atoms with Gasteiger partial charge >= 0.3 is 5.97 Å². The number of aryl methyl sites for hydroxylation is 2. The monoisotopic (exact) mass is 454 g/mol. The summed E-state index contributed by atoms with van der Waals surface area (Å²) in [7, 11) is 0. The molecule has 0 spiro atoms. The van der Waals surface area contributed by atoms with Crippen molar-refractivity contribution in [1.82, 2.24) is 0 Å². The van der Waals surface area contributed by atoms with Crippen LogP contribution < -0.4 is 15.4 Å². The van der Waals surface area contributed by atoms with Crippen LogP contribution in [0.5, 0.6) is 5.75 Å². The summed E-state index contributed by atoms with van der Waals surface area (Å²) in [5.41, 5.74) is 2.75. The first-order valence-electron chi connectivity index (χ1n) is 10.3. The van der Waals surface area contributed by atoms with Gasteiger partial charge in [-0.05, 0) is 44.9 Å². The van der Waals surface area contributed by atoms with Gasteiger partial charge in [0.1, 0.15) is 16.3 Å². The summed E-state index contributed by atoms with van der Waals surface area (Å²) in [5.74, 6) is -0.628. The number of para-hydroxylation sites is 1. The average molecular weight is 455 g/mol. The molecule has 1 unspecified atom stereocenters. The van der Waals surface area contributed by atoms with Gasteiger partial charge in [-0.1, -0.05) is 30.3 Å². The summed E-state index contributed by atoms with van der Waals surface area (Å²) in [5, 5.41) is 6.58. The predicted molar refractivity (Wildman–Crippen MR) is 127 cm³/mol. The molecule has 0 bridgehead atoms. The smallest absolute Gasteiger partial charge is 0.341 e. The molecule has 1 heterocycles. The Morgan fingerprint density at radius 3 is 2.41 bits per heavy atom. The molecule has 7 nitrogen and oxygen atoms in total. The zero-order valence-electron chi connectivity index (χ0n) is 18.7. The standard InChI is InChI=1S/C24H26N2O5S/c1-6-30-24(29)19-17-12-11-14(3)20(21(17)32-23(19)25-16(5)27)31-15(4)22(28)26-18-10-8-7-9-13(18)2/h7-12,15H,6H2,1-5H3,(H,25,27)(H,26,28). The number of rotatable bonds is 7. The fourth-order valence-electron chi connectivity index (χ4n) is 3.21. The first-order valence-corrected chi connectivity index (χ1v) is 11.1. The van der Waals surface area contributed by atoms with Gasteiger partial charge in [0.15, 0.2) is 6.10 Å². The van der Waals surface area contributed by atoms with E-state index in [-0.39, 0.29) is 24.0 Å². The van der Waals surface area contributed by atoms with Crippen LogP contribution in [0, 0.1) is 13.8 Å². The van der Waals surface area contributed by atoms with Crippen LogP contribution in [0.3, 0.4) is 0 Å².